The molecule has 27 heavy (non-hydrogen) atoms. The number of benzene rings is 1. The number of morpholine rings is 1. The Bertz CT molecular complexity index is 886. The van der Waals surface area contributed by atoms with Gasteiger partial charge in [-0.25, -0.2) is 8.42 Å². The van der Waals surface area contributed by atoms with E-state index < -0.39 is 10.0 Å². The number of hydrogen-bond acceptors (Lipinski definition) is 5. The molecule has 1 amide bonds. The molecule has 0 N–H and O–H groups in total. The van der Waals surface area contributed by atoms with Gasteiger partial charge in [0.1, 0.15) is 0 Å². The summed E-state index contributed by atoms with van der Waals surface area (Å²) >= 11 is 1.58. The second-order valence-electron chi connectivity index (χ2n) is 6.85. The molecular weight excluding hydrogens is 384 g/mol. The Morgan fingerprint density at radius 1 is 1.22 bits per heavy atom. The van der Waals surface area contributed by atoms with Crippen molar-refractivity contribution >= 4 is 27.3 Å². The van der Waals surface area contributed by atoms with Gasteiger partial charge in [0.2, 0.25) is 10.0 Å². The van der Waals surface area contributed by atoms with Gasteiger partial charge in [0.05, 0.1) is 23.6 Å². The van der Waals surface area contributed by atoms with Crippen LogP contribution in [0.1, 0.15) is 29.1 Å². The minimum absolute atomic E-state index is 0.138. The van der Waals surface area contributed by atoms with E-state index in [0.29, 0.717) is 25.2 Å². The van der Waals surface area contributed by atoms with Gasteiger partial charge < -0.3 is 9.64 Å². The van der Waals surface area contributed by atoms with Gasteiger partial charge in [0.15, 0.2) is 0 Å². The summed E-state index contributed by atoms with van der Waals surface area (Å²) in [4.78, 5) is 15.5. The lowest BCUT2D eigenvalue weighted by Gasteiger charge is -2.34. The Balaban J connectivity index is 1.81. The van der Waals surface area contributed by atoms with E-state index in [1.807, 2.05) is 31.4 Å². The quantitative estimate of drug-likeness (QED) is 0.763. The van der Waals surface area contributed by atoms with E-state index in [9.17, 15) is 13.2 Å². The zero-order chi connectivity index (χ0) is 19.6. The lowest BCUT2D eigenvalue weighted by molar-refractivity contribution is -0.0440. The number of ether oxygens (including phenoxy) is 1. The van der Waals surface area contributed by atoms with Crippen LogP contribution in [-0.2, 0) is 21.3 Å². The monoisotopic (exact) mass is 408 g/mol. The summed E-state index contributed by atoms with van der Waals surface area (Å²) in [5, 5.41) is 1.96. The van der Waals surface area contributed by atoms with E-state index in [-0.39, 0.29) is 23.0 Å². The second kappa shape index (κ2) is 8.10. The molecule has 2 aromatic rings. The van der Waals surface area contributed by atoms with Crippen molar-refractivity contribution in [1.29, 1.82) is 0 Å². The SMILES string of the molecule is C[C@@H]1CN(S(=O)(=O)c2cccc(C(=O)N(C)Cc3cccs3)c2)C[C@H](C)O1. The van der Waals surface area contributed by atoms with E-state index in [1.165, 1.54) is 16.4 Å². The van der Waals surface area contributed by atoms with E-state index in [4.69, 9.17) is 4.74 Å². The first-order valence-corrected chi connectivity index (χ1v) is 11.1. The normalized spacial score (nSPS) is 21.1. The van der Waals surface area contributed by atoms with Crippen LogP contribution in [0.15, 0.2) is 46.7 Å². The standard InChI is InChI=1S/C19H24N2O4S2/c1-14-11-21(12-15(2)25-14)27(23,24)18-8-4-6-16(10-18)19(22)20(3)13-17-7-5-9-26-17/h4-10,14-15H,11-13H2,1-3H3/t14-,15+. The largest absolute Gasteiger partial charge is 0.373 e. The minimum Gasteiger partial charge on any atom is -0.373 e. The molecule has 1 saturated heterocycles. The third-order valence-corrected chi connectivity index (χ3v) is 7.11. The van der Waals surface area contributed by atoms with E-state index in [1.54, 1.807) is 35.4 Å². The third kappa shape index (κ3) is 4.57. The van der Waals surface area contributed by atoms with Gasteiger partial charge in [-0.2, -0.15) is 4.31 Å². The molecule has 8 heteroatoms. The molecule has 0 unspecified atom stereocenters. The van der Waals surface area contributed by atoms with Crippen LogP contribution in [0.25, 0.3) is 0 Å². The van der Waals surface area contributed by atoms with Gasteiger partial charge in [-0.15, -0.1) is 11.3 Å². The fraction of sp³-hybridized carbons (Fsp3) is 0.421. The van der Waals surface area contributed by atoms with Crippen LogP contribution in [0.5, 0.6) is 0 Å². The number of carbonyl (C=O) groups excluding carboxylic acids is 1. The molecule has 6 nitrogen and oxygen atoms in total. The summed E-state index contributed by atoms with van der Waals surface area (Å²) < 4.78 is 33.1. The van der Waals surface area contributed by atoms with E-state index in [0.717, 1.165) is 4.88 Å². The van der Waals surface area contributed by atoms with Crippen molar-refractivity contribution < 1.29 is 17.9 Å². The Labute approximate surface area is 164 Å². The average molecular weight is 409 g/mol. The van der Waals surface area contributed by atoms with Crippen LogP contribution in [0.2, 0.25) is 0 Å². The number of carbonyl (C=O) groups is 1. The molecule has 1 aliphatic heterocycles. The highest BCUT2D eigenvalue weighted by Crippen LogP contribution is 2.22. The molecule has 3 rings (SSSR count). The molecule has 1 aromatic heterocycles. The first-order chi connectivity index (χ1) is 12.8. The summed E-state index contributed by atoms with van der Waals surface area (Å²) in [5.41, 5.74) is 0.365. The molecule has 0 aliphatic carbocycles. The number of amides is 1. The zero-order valence-electron chi connectivity index (χ0n) is 15.7. The molecular formula is C19H24N2O4S2. The van der Waals surface area contributed by atoms with Gasteiger partial charge in [-0.05, 0) is 43.5 Å². The molecule has 0 radical (unpaired) electrons. The maximum Gasteiger partial charge on any atom is 0.253 e. The maximum atomic E-state index is 13.0. The second-order valence-corrected chi connectivity index (χ2v) is 9.82. The van der Waals surface area contributed by atoms with Crippen molar-refractivity contribution in [3.63, 3.8) is 0 Å². The molecule has 0 bridgehead atoms. The smallest absolute Gasteiger partial charge is 0.253 e. The van der Waals surface area contributed by atoms with Crippen LogP contribution >= 0.6 is 11.3 Å². The minimum atomic E-state index is -3.67. The van der Waals surface area contributed by atoms with Crippen LogP contribution in [-0.4, -0.2) is 55.9 Å². The maximum absolute atomic E-state index is 13.0. The molecule has 146 valence electrons. The molecule has 1 fully saturated rings. The predicted octanol–water partition coefficient (Wildman–Crippen LogP) is 2.82. The van der Waals surface area contributed by atoms with Crippen LogP contribution in [0.3, 0.4) is 0 Å². The first kappa shape index (κ1) is 20.0. The highest BCUT2D eigenvalue weighted by molar-refractivity contribution is 7.89. The number of hydrogen-bond donors (Lipinski definition) is 0. The molecule has 1 aromatic carbocycles. The predicted molar refractivity (Wildman–Crippen MR) is 105 cm³/mol. The van der Waals surface area contributed by atoms with Gasteiger partial charge in [-0.1, -0.05) is 12.1 Å². The van der Waals surface area contributed by atoms with Crippen LogP contribution < -0.4 is 0 Å². The van der Waals surface area contributed by atoms with Gasteiger partial charge in [0, 0.05) is 30.6 Å². The lowest BCUT2D eigenvalue weighted by atomic mass is 10.2. The molecule has 1 aliphatic rings. The molecule has 2 heterocycles. The van der Waals surface area contributed by atoms with Crippen molar-refractivity contribution in [2.24, 2.45) is 0 Å². The van der Waals surface area contributed by atoms with Gasteiger partial charge >= 0.3 is 0 Å². The lowest BCUT2D eigenvalue weighted by Crippen LogP contribution is -2.48. The Morgan fingerprint density at radius 2 is 1.93 bits per heavy atom. The number of thiophene rings is 1. The fourth-order valence-electron chi connectivity index (χ4n) is 3.19. The van der Waals surface area contributed by atoms with Crippen LogP contribution in [0, 0.1) is 0 Å². The number of sulfonamides is 1. The average Bonchev–Trinajstić information content (AvgIpc) is 3.13. The molecule has 0 saturated carbocycles. The third-order valence-electron chi connectivity index (χ3n) is 4.42. The summed E-state index contributed by atoms with van der Waals surface area (Å²) in [7, 11) is -1.96. The summed E-state index contributed by atoms with van der Waals surface area (Å²) in [6.07, 6.45) is -0.324. The topological polar surface area (TPSA) is 66.9 Å². The molecule has 2 atom stereocenters. The van der Waals surface area contributed by atoms with Crippen molar-refractivity contribution in [3.8, 4) is 0 Å². The number of rotatable bonds is 5. The summed E-state index contributed by atoms with van der Waals surface area (Å²) in [6, 6.07) is 10.2. The summed E-state index contributed by atoms with van der Waals surface area (Å²) in [6.45, 7) is 4.83. The Morgan fingerprint density at radius 3 is 2.56 bits per heavy atom. The highest BCUT2D eigenvalue weighted by atomic mass is 32.2. The Hall–Kier alpha value is -1.74. The van der Waals surface area contributed by atoms with Crippen LogP contribution in [0.4, 0.5) is 0 Å². The van der Waals surface area contributed by atoms with Gasteiger partial charge in [-0.3, -0.25) is 4.79 Å². The van der Waals surface area contributed by atoms with E-state index in [2.05, 4.69) is 0 Å². The van der Waals surface area contributed by atoms with Crippen molar-refractivity contribution in [2.45, 2.75) is 37.5 Å². The van der Waals surface area contributed by atoms with Gasteiger partial charge in [0.25, 0.3) is 5.91 Å². The zero-order valence-corrected chi connectivity index (χ0v) is 17.3. The van der Waals surface area contributed by atoms with Crippen molar-refractivity contribution in [2.75, 3.05) is 20.1 Å². The molecule has 0 spiro atoms. The fourth-order valence-corrected chi connectivity index (χ4v) is 5.59. The number of nitrogens with zero attached hydrogens (tertiary/aromatic N) is 2. The Kier molecular flexibility index (Phi) is 6.00. The van der Waals surface area contributed by atoms with Crippen molar-refractivity contribution in [1.82, 2.24) is 9.21 Å². The van der Waals surface area contributed by atoms with E-state index >= 15 is 0 Å². The van der Waals surface area contributed by atoms with Crippen molar-refractivity contribution in [3.05, 3.63) is 52.2 Å². The highest BCUT2D eigenvalue weighted by Gasteiger charge is 2.32. The summed E-state index contributed by atoms with van der Waals surface area (Å²) in [5.74, 6) is -0.204. The first-order valence-electron chi connectivity index (χ1n) is 8.81.